The number of benzene rings is 4. The van der Waals surface area contributed by atoms with Crippen molar-refractivity contribution in [2.75, 3.05) is 29.6 Å². The number of hydrogen-bond acceptors (Lipinski definition) is 7. The molecule has 0 spiro atoms. The summed E-state index contributed by atoms with van der Waals surface area (Å²) in [5.41, 5.74) is 5.36. The molecule has 2 fully saturated rings. The van der Waals surface area contributed by atoms with Gasteiger partial charge in [-0.05, 0) is 90.0 Å². The first-order chi connectivity index (χ1) is 24.1. The zero-order chi connectivity index (χ0) is 34.7. The summed E-state index contributed by atoms with van der Waals surface area (Å²) in [5, 5.41) is 0. The van der Waals surface area contributed by atoms with Gasteiger partial charge in [0.25, 0.3) is 0 Å². The molecule has 0 bridgehead atoms. The van der Waals surface area contributed by atoms with Crippen LogP contribution in [0.25, 0.3) is 11.1 Å². The fourth-order valence-electron chi connectivity index (χ4n) is 8.05. The monoisotopic (exact) mass is 720 g/mol. The zero-order valence-electron chi connectivity index (χ0n) is 29.3. The molecule has 0 radical (unpaired) electrons. The van der Waals surface area contributed by atoms with E-state index in [0.29, 0.717) is 18.1 Å². The van der Waals surface area contributed by atoms with Gasteiger partial charge in [-0.25, -0.2) is 4.79 Å². The maximum absolute atomic E-state index is 13.6. The molecule has 8 rings (SSSR count). The molecule has 0 aromatic heterocycles. The summed E-state index contributed by atoms with van der Waals surface area (Å²) in [6, 6.07) is 30.2. The van der Waals surface area contributed by atoms with Crippen LogP contribution in [0.5, 0.6) is 11.5 Å². The Bertz CT molecular complexity index is 1970. The molecule has 50 heavy (non-hydrogen) atoms. The van der Waals surface area contributed by atoms with Crippen molar-refractivity contribution in [2.24, 2.45) is 17.3 Å². The van der Waals surface area contributed by atoms with Gasteiger partial charge < -0.3 is 14.2 Å². The minimum atomic E-state index is -0.997. The van der Waals surface area contributed by atoms with Crippen LogP contribution in [0.1, 0.15) is 62.8 Å². The fraction of sp³-hybridized carbons (Fsp3) is 0.372. The van der Waals surface area contributed by atoms with Gasteiger partial charge in [0.05, 0.1) is 6.61 Å². The molecule has 0 aliphatic carbocycles. The van der Waals surface area contributed by atoms with E-state index in [1.165, 1.54) is 20.9 Å². The van der Waals surface area contributed by atoms with Crippen LogP contribution >= 0.6 is 35.3 Å². The predicted molar refractivity (Wildman–Crippen MR) is 208 cm³/mol. The van der Waals surface area contributed by atoms with Gasteiger partial charge in [0.15, 0.2) is 5.60 Å². The molecule has 4 aromatic carbocycles. The quantitative estimate of drug-likeness (QED) is 0.139. The molecule has 0 N–H and O–H groups in total. The normalized spacial score (nSPS) is 25.1. The fourth-order valence-corrected chi connectivity index (χ4v) is 11.8. The number of para-hydroxylation sites is 1. The van der Waals surface area contributed by atoms with E-state index in [2.05, 4.69) is 94.1 Å². The van der Waals surface area contributed by atoms with Crippen LogP contribution in [0, 0.1) is 17.3 Å². The molecule has 4 aromatic rings. The van der Waals surface area contributed by atoms with Gasteiger partial charge in [0, 0.05) is 55.2 Å². The number of rotatable bonds is 7. The van der Waals surface area contributed by atoms with Gasteiger partial charge in [-0.2, -0.15) is 23.5 Å². The third-order valence-corrected chi connectivity index (χ3v) is 13.9. The number of ether oxygens (including phenoxy) is 3. The first-order valence-electron chi connectivity index (χ1n) is 17.6. The number of esters is 1. The van der Waals surface area contributed by atoms with Gasteiger partial charge in [0.1, 0.15) is 17.1 Å². The summed E-state index contributed by atoms with van der Waals surface area (Å²) in [6.07, 6.45) is 2.05. The van der Waals surface area contributed by atoms with Gasteiger partial charge in [-0.1, -0.05) is 87.6 Å². The molecule has 258 valence electrons. The minimum absolute atomic E-state index is 0.00786. The molecular formula is C43H44O4S3. The van der Waals surface area contributed by atoms with E-state index in [1.54, 1.807) is 6.92 Å². The summed E-state index contributed by atoms with van der Waals surface area (Å²) in [6.45, 7) is 13.1. The van der Waals surface area contributed by atoms with Crippen LogP contribution in [-0.2, 0) is 25.5 Å². The molecule has 4 nitrogen and oxygen atoms in total. The van der Waals surface area contributed by atoms with E-state index in [0.717, 1.165) is 69.6 Å². The Hall–Kier alpha value is -3.10. The van der Waals surface area contributed by atoms with E-state index in [4.69, 9.17) is 14.2 Å². The molecule has 4 aliphatic rings. The lowest BCUT2D eigenvalue weighted by Crippen LogP contribution is -2.44. The average Bonchev–Trinajstić information content (AvgIpc) is 3.86. The molecule has 2 saturated heterocycles. The molecule has 0 saturated carbocycles. The van der Waals surface area contributed by atoms with E-state index in [9.17, 15) is 4.79 Å². The molecular weight excluding hydrogens is 677 g/mol. The second-order valence-corrected chi connectivity index (χ2v) is 18.6. The Labute approximate surface area is 309 Å². The summed E-state index contributed by atoms with van der Waals surface area (Å²) < 4.78 is 20.6. The number of thioether (sulfide) groups is 2. The molecule has 4 unspecified atom stereocenters. The highest BCUT2D eigenvalue weighted by molar-refractivity contribution is 8.00. The van der Waals surface area contributed by atoms with Crippen molar-refractivity contribution in [1.82, 2.24) is 0 Å². The second kappa shape index (κ2) is 13.1. The van der Waals surface area contributed by atoms with Crippen LogP contribution in [-0.4, -0.2) is 35.6 Å². The van der Waals surface area contributed by atoms with E-state index >= 15 is 0 Å². The average molecular weight is 721 g/mol. The predicted octanol–water partition coefficient (Wildman–Crippen LogP) is 11.1. The molecule has 7 heteroatoms. The zero-order valence-corrected chi connectivity index (χ0v) is 31.7. The Morgan fingerprint density at radius 3 is 2.06 bits per heavy atom. The minimum Gasteiger partial charge on any atom is -0.456 e. The molecule has 0 amide bonds. The standard InChI is InChI=1S/C43H44O4S3/c1-27(2)40(44)47-43(31-19-21-49-25-31)32-10-6-8-12-36(32)46-37-16-14-28(22-34(37)43)29-15-17-39-35(23-29)42(30-18-20-48-24-30,45-26-41(3,4)5)33-11-7-9-13-38(33)50-39/h6-17,22-23,30-31H,1,18-21,24-26H2,2-5H3. The smallest absolute Gasteiger partial charge is 0.334 e. The second-order valence-electron chi connectivity index (χ2n) is 15.2. The van der Waals surface area contributed by atoms with Crippen LogP contribution in [0.4, 0.5) is 0 Å². The summed E-state index contributed by atoms with van der Waals surface area (Å²) in [7, 11) is 0. The first-order valence-corrected chi connectivity index (χ1v) is 20.8. The van der Waals surface area contributed by atoms with E-state index < -0.39 is 11.2 Å². The number of carbonyl (C=O) groups excluding carboxylic acids is 1. The highest BCUT2D eigenvalue weighted by atomic mass is 32.2. The lowest BCUT2D eigenvalue weighted by molar-refractivity contribution is -0.157. The van der Waals surface area contributed by atoms with Crippen molar-refractivity contribution in [2.45, 2.75) is 61.5 Å². The van der Waals surface area contributed by atoms with Crippen molar-refractivity contribution < 1.29 is 19.0 Å². The van der Waals surface area contributed by atoms with Gasteiger partial charge >= 0.3 is 5.97 Å². The van der Waals surface area contributed by atoms with Gasteiger partial charge in [-0.3, -0.25) is 0 Å². The summed E-state index contributed by atoms with van der Waals surface area (Å²) in [5.74, 6) is 5.66. The highest BCUT2D eigenvalue weighted by Gasteiger charge is 2.53. The summed E-state index contributed by atoms with van der Waals surface area (Å²) in [4.78, 5) is 16.1. The van der Waals surface area contributed by atoms with Crippen molar-refractivity contribution in [3.8, 4) is 22.6 Å². The lowest BCUT2D eigenvalue weighted by atomic mass is 9.72. The largest absolute Gasteiger partial charge is 0.456 e. The Balaban J connectivity index is 1.31. The van der Waals surface area contributed by atoms with Crippen molar-refractivity contribution in [3.05, 3.63) is 119 Å². The maximum Gasteiger partial charge on any atom is 0.334 e. The topological polar surface area (TPSA) is 44.8 Å². The van der Waals surface area contributed by atoms with Crippen LogP contribution in [0.15, 0.2) is 107 Å². The van der Waals surface area contributed by atoms with Gasteiger partial charge in [-0.15, -0.1) is 0 Å². The van der Waals surface area contributed by atoms with Crippen LogP contribution in [0.3, 0.4) is 0 Å². The highest BCUT2D eigenvalue weighted by Crippen LogP contribution is 2.59. The Kier molecular flexibility index (Phi) is 8.94. The maximum atomic E-state index is 13.6. The molecule has 4 atom stereocenters. The van der Waals surface area contributed by atoms with Crippen LogP contribution in [0.2, 0.25) is 0 Å². The third kappa shape index (κ3) is 5.73. The lowest BCUT2D eigenvalue weighted by Gasteiger charge is -2.45. The van der Waals surface area contributed by atoms with Crippen molar-refractivity contribution in [3.63, 3.8) is 0 Å². The van der Waals surface area contributed by atoms with Crippen LogP contribution < -0.4 is 4.74 Å². The SMILES string of the molecule is C=C(C)C(=O)OC1(C2CCSC2)c2ccccc2Oc2ccc(-c3ccc4c(c3)C(OCC(C)(C)C)(C3CCSC3)c3ccccc3S4)cc21. The molecule has 4 aliphatic heterocycles. The van der Waals surface area contributed by atoms with Crippen molar-refractivity contribution in [1.29, 1.82) is 0 Å². The number of carbonyl (C=O) groups is 1. The Morgan fingerprint density at radius 1 is 0.780 bits per heavy atom. The third-order valence-electron chi connectivity index (χ3n) is 10.5. The summed E-state index contributed by atoms with van der Waals surface area (Å²) >= 11 is 5.80. The Morgan fingerprint density at radius 2 is 1.38 bits per heavy atom. The number of fused-ring (bicyclic) bond motifs is 4. The number of hydrogen-bond donors (Lipinski definition) is 0. The first kappa shape index (κ1) is 34.0. The van der Waals surface area contributed by atoms with E-state index in [1.807, 2.05) is 53.5 Å². The molecule has 4 heterocycles. The van der Waals surface area contributed by atoms with E-state index in [-0.39, 0.29) is 17.3 Å². The van der Waals surface area contributed by atoms with Crippen molar-refractivity contribution >= 4 is 41.3 Å². The van der Waals surface area contributed by atoms with Gasteiger partial charge in [0.2, 0.25) is 0 Å².